The summed E-state index contributed by atoms with van der Waals surface area (Å²) in [6.45, 7) is -0.636. The minimum absolute atomic E-state index is 0.0223. The van der Waals surface area contributed by atoms with E-state index in [2.05, 4.69) is 9.84 Å². The Morgan fingerprint density at radius 1 is 1.18 bits per heavy atom. The lowest BCUT2D eigenvalue weighted by Crippen LogP contribution is -2.30. The molecule has 1 aromatic carbocycles. The van der Waals surface area contributed by atoms with Crippen molar-refractivity contribution in [3.63, 3.8) is 0 Å². The van der Waals surface area contributed by atoms with E-state index in [1.807, 2.05) is 0 Å². The van der Waals surface area contributed by atoms with Gasteiger partial charge in [-0.1, -0.05) is 12.1 Å². The molecule has 0 spiro atoms. The fraction of sp³-hybridized carbons (Fsp3) is 0.211. The van der Waals surface area contributed by atoms with Gasteiger partial charge in [0.1, 0.15) is 0 Å². The Morgan fingerprint density at radius 2 is 1.82 bits per heavy atom. The summed E-state index contributed by atoms with van der Waals surface area (Å²) < 4.78 is 80.9. The number of fused-ring (bicyclic) bond motifs is 1. The van der Waals surface area contributed by atoms with Crippen molar-refractivity contribution in [3.8, 4) is 17.0 Å². The number of alkyl halides is 3. The van der Waals surface area contributed by atoms with Crippen LogP contribution in [0.3, 0.4) is 0 Å². The van der Waals surface area contributed by atoms with Crippen LogP contribution in [0.15, 0.2) is 58.0 Å². The molecule has 0 aliphatic carbocycles. The highest BCUT2D eigenvalue weighted by Gasteiger charge is 2.42. The maximum Gasteiger partial charge on any atom is 0.491 e. The Labute approximate surface area is 183 Å². The first-order chi connectivity index (χ1) is 15.4. The zero-order valence-corrected chi connectivity index (χ0v) is 17.7. The predicted molar refractivity (Wildman–Crippen MR) is 108 cm³/mol. The Morgan fingerprint density at radius 3 is 2.33 bits per heavy atom. The summed E-state index contributed by atoms with van der Waals surface area (Å²) in [7, 11) is -3.55. The molecular weight excluding hydrogens is 472 g/mol. The molecule has 14 heteroatoms. The van der Waals surface area contributed by atoms with Crippen molar-refractivity contribution >= 4 is 21.5 Å². The molecule has 0 saturated heterocycles. The lowest BCUT2D eigenvalue weighted by molar-refractivity contribution is -0.190. The average molecular weight is 488 g/mol. The second-order valence-electron chi connectivity index (χ2n) is 6.84. The lowest BCUT2D eigenvalue weighted by Gasteiger charge is -2.13. The Bertz CT molecular complexity index is 1410. The van der Waals surface area contributed by atoms with Crippen molar-refractivity contribution in [2.75, 3.05) is 12.8 Å². The van der Waals surface area contributed by atoms with Gasteiger partial charge in [-0.15, -0.1) is 5.10 Å². The molecule has 33 heavy (non-hydrogen) atoms. The zero-order valence-electron chi connectivity index (χ0n) is 16.8. The Balaban J connectivity index is 2.25. The van der Waals surface area contributed by atoms with Gasteiger partial charge in [-0.2, -0.15) is 13.2 Å². The fourth-order valence-corrected chi connectivity index (χ4v) is 3.49. The van der Waals surface area contributed by atoms with Crippen LogP contribution in [0.2, 0.25) is 0 Å². The number of halogens is 4. The number of hydrogen-bond donors (Lipinski definition) is 1. The molecule has 3 aromatic rings. The quantitative estimate of drug-likeness (QED) is 0.415. The molecule has 0 aliphatic heterocycles. The molecule has 0 unspecified atom stereocenters. The van der Waals surface area contributed by atoms with Gasteiger partial charge in [-0.25, -0.2) is 31.5 Å². The number of hydrogen-bond acceptors (Lipinski definition) is 7. The van der Waals surface area contributed by atoms with E-state index in [1.54, 1.807) is 0 Å². The number of rotatable bonds is 6. The topological polar surface area (TPSA) is 126 Å². The van der Waals surface area contributed by atoms with E-state index in [4.69, 9.17) is 5.73 Å². The second kappa shape index (κ2) is 8.78. The third kappa shape index (κ3) is 4.96. The standard InChI is InChI=1S/C19H16F4N4O5S/c1-33(30,31)13-4-2-12(3-5-13)14-6-7-15-25-26(10-11(8-20)9-24)18(29)27(15)16(14)32-17(28)19(21,22)23/h2-8H,9-10,24H2,1H3/b11-8+. The normalized spacial score (nSPS) is 12.8. The molecule has 0 fully saturated rings. The first kappa shape index (κ1) is 24.1. The Kier molecular flexibility index (Phi) is 6.42. The number of nitrogens with two attached hydrogens (primary N) is 1. The van der Waals surface area contributed by atoms with E-state index in [9.17, 15) is 35.6 Å². The van der Waals surface area contributed by atoms with Crippen LogP contribution in [0.5, 0.6) is 5.88 Å². The van der Waals surface area contributed by atoms with Gasteiger partial charge >= 0.3 is 17.8 Å². The van der Waals surface area contributed by atoms with Crippen LogP contribution in [0.25, 0.3) is 16.8 Å². The van der Waals surface area contributed by atoms with Crippen LogP contribution >= 0.6 is 0 Å². The van der Waals surface area contributed by atoms with Crippen LogP contribution in [-0.4, -0.2) is 47.5 Å². The molecule has 0 aliphatic rings. The third-order valence-electron chi connectivity index (χ3n) is 4.48. The number of nitrogens with zero attached hydrogens (tertiary/aromatic N) is 3. The highest BCUT2D eigenvalue weighted by molar-refractivity contribution is 7.90. The summed E-state index contributed by atoms with van der Waals surface area (Å²) in [6.07, 6.45) is -4.22. The molecule has 0 radical (unpaired) electrons. The van der Waals surface area contributed by atoms with Crippen LogP contribution in [0, 0.1) is 0 Å². The number of esters is 1. The van der Waals surface area contributed by atoms with E-state index >= 15 is 0 Å². The van der Waals surface area contributed by atoms with Crippen molar-refractivity contribution < 1.29 is 35.5 Å². The number of benzene rings is 1. The SMILES string of the molecule is CS(=O)(=O)c1ccc(-c2ccc3nn(C/C(=C/F)CN)c(=O)n3c2OC(=O)C(F)(F)F)cc1. The van der Waals surface area contributed by atoms with E-state index in [0.29, 0.717) is 4.40 Å². The minimum atomic E-state index is -5.37. The molecule has 2 heterocycles. The van der Waals surface area contributed by atoms with Gasteiger partial charge in [0.05, 0.1) is 17.8 Å². The van der Waals surface area contributed by atoms with Crippen LogP contribution in [-0.2, 0) is 21.2 Å². The molecule has 2 aromatic heterocycles. The van der Waals surface area contributed by atoms with Gasteiger partial charge in [0.15, 0.2) is 15.5 Å². The second-order valence-corrected chi connectivity index (χ2v) is 8.86. The fourth-order valence-electron chi connectivity index (χ4n) is 2.86. The van der Waals surface area contributed by atoms with E-state index in [-0.39, 0.29) is 40.1 Å². The smallest absolute Gasteiger partial charge is 0.401 e. The third-order valence-corrected chi connectivity index (χ3v) is 5.61. The van der Waals surface area contributed by atoms with Crippen molar-refractivity contribution in [2.45, 2.75) is 17.6 Å². The zero-order chi connectivity index (χ0) is 24.6. The molecule has 0 saturated carbocycles. The summed E-state index contributed by atoms with van der Waals surface area (Å²) in [5.41, 5.74) is 4.17. The highest BCUT2D eigenvalue weighted by atomic mass is 32.2. The molecule has 0 amide bonds. The van der Waals surface area contributed by atoms with Crippen LogP contribution in [0.4, 0.5) is 17.6 Å². The summed E-state index contributed by atoms with van der Waals surface area (Å²) in [6, 6.07) is 7.47. The summed E-state index contributed by atoms with van der Waals surface area (Å²) in [4.78, 5) is 24.4. The summed E-state index contributed by atoms with van der Waals surface area (Å²) in [5, 5.41) is 3.91. The van der Waals surface area contributed by atoms with E-state index in [1.165, 1.54) is 36.4 Å². The van der Waals surface area contributed by atoms with Crippen molar-refractivity contribution in [1.82, 2.24) is 14.2 Å². The van der Waals surface area contributed by atoms with E-state index in [0.717, 1.165) is 10.9 Å². The summed E-state index contributed by atoms with van der Waals surface area (Å²) >= 11 is 0. The van der Waals surface area contributed by atoms with Crippen molar-refractivity contribution in [3.05, 3.63) is 58.8 Å². The number of carbonyl (C=O) groups is 1. The van der Waals surface area contributed by atoms with Gasteiger partial charge in [0.25, 0.3) is 0 Å². The maximum absolute atomic E-state index is 12.9. The van der Waals surface area contributed by atoms with Gasteiger partial charge in [0, 0.05) is 18.4 Å². The van der Waals surface area contributed by atoms with Gasteiger partial charge < -0.3 is 10.5 Å². The summed E-state index contributed by atoms with van der Waals surface area (Å²) in [5.74, 6) is -3.38. The number of ether oxygens (including phenoxy) is 1. The van der Waals surface area contributed by atoms with Gasteiger partial charge in [0.2, 0.25) is 5.88 Å². The molecule has 0 atom stereocenters. The molecular formula is C19H16F4N4O5S. The predicted octanol–water partition coefficient (Wildman–Crippen LogP) is 1.85. The first-order valence-electron chi connectivity index (χ1n) is 9.07. The van der Waals surface area contributed by atoms with Crippen LogP contribution < -0.4 is 16.2 Å². The number of sulfone groups is 1. The average Bonchev–Trinajstić information content (AvgIpc) is 3.06. The molecule has 3 rings (SSSR count). The molecule has 2 N–H and O–H groups in total. The van der Waals surface area contributed by atoms with Gasteiger partial charge in [-0.05, 0) is 35.4 Å². The number of aromatic nitrogens is 3. The van der Waals surface area contributed by atoms with Gasteiger partial charge in [-0.3, -0.25) is 0 Å². The molecule has 9 nitrogen and oxygen atoms in total. The number of pyridine rings is 1. The number of carbonyl (C=O) groups excluding carboxylic acids is 1. The molecule has 176 valence electrons. The maximum atomic E-state index is 12.9. The monoisotopic (exact) mass is 488 g/mol. The highest BCUT2D eigenvalue weighted by Crippen LogP contribution is 2.32. The minimum Gasteiger partial charge on any atom is -0.401 e. The van der Waals surface area contributed by atoms with E-state index < -0.39 is 40.1 Å². The lowest BCUT2D eigenvalue weighted by atomic mass is 10.1. The molecule has 0 bridgehead atoms. The van der Waals surface area contributed by atoms with Crippen molar-refractivity contribution in [2.24, 2.45) is 5.73 Å². The Hall–Kier alpha value is -3.52. The largest absolute Gasteiger partial charge is 0.491 e. The van der Waals surface area contributed by atoms with Crippen LogP contribution in [0.1, 0.15) is 0 Å². The van der Waals surface area contributed by atoms with Crippen molar-refractivity contribution in [1.29, 1.82) is 0 Å². The first-order valence-corrected chi connectivity index (χ1v) is 11.0.